The zero-order chi connectivity index (χ0) is 19.6. The van der Waals surface area contributed by atoms with Crippen LogP contribution in [0.5, 0.6) is 0 Å². The summed E-state index contributed by atoms with van der Waals surface area (Å²) in [5, 5.41) is 13.2. The minimum absolute atomic E-state index is 0.431. The van der Waals surface area contributed by atoms with Gasteiger partial charge in [-0.05, 0) is 76.4 Å². The molecule has 158 valence electrons. The van der Waals surface area contributed by atoms with Crippen LogP contribution in [0, 0.1) is 0 Å². The van der Waals surface area contributed by atoms with Gasteiger partial charge in [0.05, 0.1) is 23.4 Å². The van der Waals surface area contributed by atoms with Crippen molar-refractivity contribution in [3.05, 3.63) is 23.9 Å². The summed E-state index contributed by atoms with van der Waals surface area (Å²) in [5.74, 6) is 0.543. The second-order valence-corrected chi connectivity index (χ2v) is 9.03. The molecule has 3 aliphatic heterocycles. The van der Waals surface area contributed by atoms with E-state index in [1.54, 1.807) is 0 Å². The zero-order valence-corrected chi connectivity index (χ0v) is 17.7. The quantitative estimate of drug-likeness (QED) is 0.831. The molecule has 3 aliphatic rings. The number of nitrogens with zero attached hydrogens (tertiary/aromatic N) is 3. The second kappa shape index (κ2) is 8.62. The van der Waals surface area contributed by atoms with E-state index in [0.717, 1.165) is 65.0 Å². The maximum atomic E-state index is 6.39. The highest BCUT2D eigenvalue weighted by Gasteiger charge is 2.25. The topological polar surface area (TPSA) is 54.4 Å². The number of ether oxygens (including phenoxy) is 1. The summed E-state index contributed by atoms with van der Waals surface area (Å²) in [5.41, 5.74) is 3.86. The maximum absolute atomic E-state index is 6.39. The van der Waals surface area contributed by atoms with Gasteiger partial charge in [-0.3, -0.25) is 4.68 Å². The summed E-state index contributed by atoms with van der Waals surface area (Å²) in [6.07, 6.45) is 7.97. The Morgan fingerprint density at radius 2 is 1.76 bits per heavy atom. The summed E-state index contributed by atoms with van der Waals surface area (Å²) >= 11 is 0. The van der Waals surface area contributed by atoms with E-state index in [0.29, 0.717) is 18.1 Å². The third-order valence-electron chi connectivity index (χ3n) is 7.03. The summed E-state index contributed by atoms with van der Waals surface area (Å²) in [4.78, 5) is 2.52. The fourth-order valence-electron chi connectivity index (χ4n) is 5.31. The fraction of sp³-hybridized carbons (Fsp3) is 0.696. The zero-order valence-electron chi connectivity index (χ0n) is 17.7. The molecular formula is C23H35N5O. The second-order valence-electron chi connectivity index (χ2n) is 9.03. The number of aromatic nitrogens is 2. The van der Waals surface area contributed by atoms with Gasteiger partial charge in [-0.2, -0.15) is 5.10 Å². The molecule has 1 atom stereocenters. The highest BCUT2D eigenvalue weighted by atomic mass is 16.5. The molecule has 29 heavy (non-hydrogen) atoms. The highest BCUT2D eigenvalue weighted by molar-refractivity contribution is 5.86. The lowest BCUT2D eigenvalue weighted by Crippen LogP contribution is -2.40. The molecule has 0 aliphatic carbocycles. The molecular weight excluding hydrogens is 362 g/mol. The van der Waals surface area contributed by atoms with Gasteiger partial charge in [-0.1, -0.05) is 0 Å². The molecule has 1 aromatic carbocycles. The van der Waals surface area contributed by atoms with Gasteiger partial charge >= 0.3 is 0 Å². The Morgan fingerprint density at radius 1 is 0.966 bits per heavy atom. The monoisotopic (exact) mass is 397 g/mol. The molecule has 0 radical (unpaired) electrons. The first-order chi connectivity index (χ1) is 14.3. The van der Waals surface area contributed by atoms with Crippen LogP contribution in [0.25, 0.3) is 10.9 Å². The largest absolute Gasteiger partial charge is 0.375 e. The summed E-state index contributed by atoms with van der Waals surface area (Å²) in [6.45, 7) is 6.57. The minimum Gasteiger partial charge on any atom is -0.375 e. The molecule has 6 nitrogen and oxygen atoms in total. The average molecular weight is 398 g/mol. The molecule has 0 saturated carbocycles. The number of nitrogens with one attached hydrogen (secondary N) is 2. The van der Waals surface area contributed by atoms with Crippen molar-refractivity contribution in [1.29, 1.82) is 0 Å². The van der Waals surface area contributed by atoms with Crippen LogP contribution >= 0.6 is 0 Å². The van der Waals surface area contributed by atoms with Crippen LogP contribution in [0.4, 0.5) is 5.69 Å². The highest BCUT2D eigenvalue weighted by Crippen LogP contribution is 2.32. The average Bonchev–Trinajstić information content (AvgIpc) is 3.12. The first-order valence-electron chi connectivity index (χ1n) is 11.6. The van der Waals surface area contributed by atoms with Crippen molar-refractivity contribution in [2.24, 2.45) is 7.05 Å². The Bertz CT molecular complexity index is 814. The van der Waals surface area contributed by atoms with Gasteiger partial charge in [0, 0.05) is 43.7 Å². The van der Waals surface area contributed by atoms with E-state index < -0.39 is 0 Å². The van der Waals surface area contributed by atoms with Crippen LogP contribution in [0.2, 0.25) is 0 Å². The van der Waals surface area contributed by atoms with Crippen molar-refractivity contribution >= 4 is 16.6 Å². The standard InChI is InChI=1S/C23H35N5O/c1-27-22-15-18(4-5-21(22)23(26-27)17-3-2-10-25-16-17)28-13-8-20(9-14-28)29-19-6-11-24-12-7-19/h4-5,15,17,19-20,24-25H,2-3,6-14,16H2,1H3. The van der Waals surface area contributed by atoms with Crippen molar-refractivity contribution < 1.29 is 4.74 Å². The molecule has 6 heteroatoms. The molecule has 3 saturated heterocycles. The summed E-state index contributed by atoms with van der Waals surface area (Å²) in [6, 6.07) is 6.95. The van der Waals surface area contributed by atoms with Crippen molar-refractivity contribution in [2.75, 3.05) is 44.2 Å². The molecule has 0 spiro atoms. The van der Waals surface area contributed by atoms with E-state index in [4.69, 9.17) is 9.84 Å². The Balaban J connectivity index is 1.26. The van der Waals surface area contributed by atoms with E-state index in [9.17, 15) is 0 Å². The third-order valence-corrected chi connectivity index (χ3v) is 7.03. The van der Waals surface area contributed by atoms with Gasteiger partial charge in [-0.25, -0.2) is 0 Å². The number of rotatable bonds is 4. The maximum Gasteiger partial charge on any atom is 0.0746 e. The SMILES string of the molecule is Cn1nc(C2CCCNC2)c2ccc(N3CCC(OC4CCNCC4)CC3)cc21. The van der Waals surface area contributed by atoms with E-state index in [1.165, 1.54) is 35.1 Å². The van der Waals surface area contributed by atoms with E-state index in [-0.39, 0.29) is 0 Å². The molecule has 2 aromatic rings. The Labute approximate surface area is 174 Å². The predicted octanol–water partition coefficient (Wildman–Crippen LogP) is 2.78. The first kappa shape index (κ1) is 19.3. The van der Waals surface area contributed by atoms with Crippen LogP contribution in [-0.2, 0) is 11.8 Å². The lowest BCUT2D eigenvalue weighted by molar-refractivity contribution is -0.0363. The molecule has 1 aromatic heterocycles. The van der Waals surface area contributed by atoms with Crippen LogP contribution in [0.15, 0.2) is 18.2 Å². The Hall–Kier alpha value is -1.63. The number of fused-ring (bicyclic) bond motifs is 1. The van der Waals surface area contributed by atoms with Crippen LogP contribution in [0.3, 0.4) is 0 Å². The van der Waals surface area contributed by atoms with Crippen LogP contribution in [0.1, 0.15) is 50.1 Å². The first-order valence-corrected chi connectivity index (χ1v) is 11.6. The van der Waals surface area contributed by atoms with Crippen LogP contribution in [-0.4, -0.2) is 61.3 Å². The number of anilines is 1. The van der Waals surface area contributed by atoms with E-state index in [2.05, 4.69) is 45.5 Å². The number of hydrogen-bond acceptors (Lipinski definition) is 5. The van der Waals surface area contributed by atoms with Gasteiger partial charge < -0.3 is 20.3 Å². The van der Waals surface area contributed by atoms with Gasteiger partial charge in [0.2, 0.25) is 0 Å². The smallest absolute Gasteiger partial charge is 0.0746 e. The molecule has 5 rings (SSSR count). The molecule has 1 unspecified atom stereocenters. The summed E-state index contributed by atoms with van der Waals surface area (Å²) < 4.78 is 8.47. The summed E-state index contributed by atoms with van der Waals surface area (Å²) in [7, 11) is 2.09. The van der Waals surface area contributed by atoms with Crippen molar-refractivity contribution in [2.45, 2.75) is 56.7 Å². The van der Waals surface area contributed by atoms with Crippen molar-refractivity contribution in [1.82, 2.24) is 20.4 Å². The molecule has 2 N–H and O–H groups in total. The van der Waals surface area contributed by atoms with E-state index >= 15 is 0 Å². The van der Waals surface area contributed by atoms with E-state index in [1.807, 2.05) is 0 Å². The molecule has 0 amide bonds. The van der Waals surface area contributed by atoms with Gasteiger partial charge in [0.15, 0.2) is 0 Å². The van der Waals surface area contributed by atoms with Gasteiger partial charge in [0.25, 0.3) is 0 Å². The van der Waals surface area contributed by atoms with Crippen molar-refractivity contribution in [3.8, 4) is 0 Å². The predicted molar refractivity (Wildman–Crippen MR) is 118 cm³/mol. The van der Waals surface area contributed by atoms with Gasteiger partial charge in [-0.15, -0.1) is 0 Å². The van der Waals surface area contributed by atoms with Gasteiger partial charge in [0.1, 0.15) is 0 Å². The number of benzene rings is 1. The normalized spacial score (nSPS) is 25.0. The Morgan fingerprint density at radius 3 is 2.52 bits per heavy atom. The number of aryl methyl sites for hydroxylation is 1. The van der Waals surface area contributed by atoms with Crippen LogP contribution < -0.4 is 15.5 Å². The number of hydrogen-bond donors (Lipinski definition) is 2. The Kier molecular flexibility index (Phi) is 5.75. The van der Waals surface area contributed by atoms with Crippen molar-refractivity contribution in [3.63, 3.8) is 0 Å². The molecule has 3 fully saturated rings. The fourth-order valence-corrected chi connectivity index (χ4v) is 5.31. The molecule has 4 heterocycles. The lowest BCUT2D eigenvalue weighted by atomic mass is 9.94. The minimum atomic E-state index is 0.431. The third kappa shape index (κ3) is 4.16. The lowest BCUT2D eigenvalue weighted by Gasteiger charge is -2.36. The number of piperidine rings is 3. The molecule has 0 bridgehead atoms.